The van der Waals surface area contributed by atoms with Gasteiger partial charge in [0, 0.05) is 11.8 Å². The molecule has 314 valence electrons. The van der Waals surface area contributed by atoms with Gasteiger partial charge in [0.1, 0.15) is 24.4 Å². The van der Waals surface area contributed by atoms with Crippen LogP contribution in [0.25, 0.3) is 0 Å². The van der Waals surface area contributed by atoms with Crippen molar-refractivity contribution in [2.24, 2.45) is 11.8 Å². The molecule has 2 aliphatic rings. The summed E-state index contributed by atoms with van der Waals surface area (Å²) in [4.78, 5) is 0. The van der Waals surface area contributed by atoms with E-state index >= 15 is 0 Å². The zero-order valence-corrected chi connectivity index (χ0v) is 33.0. The Morgan fingerprint density at radius 1 is 0.448 bits per heavy atom. The third-order valence-corrected chi connectivity index (χ3v) is 10.7. The van der Waals surface area contributed by atoms with E-state index in [4.69, 9.17) is 47.4 Å². The van der Waals surface area contributed by atoms with E-state index in [1.165, 1.54) is 66.9 Å². The molecule has 0 aromatic heterocycles. The summed E-state index contributed by atoms with van der Waals surface area (Å²) < 4.78 is 59.0. The molecular weight excluding hydrogens is 760 g/mol. The largest absolute Gasteiger partial charge is 0.504 e. The van der Waals surface area contributed by atoms with Crippen LogP contribution in [0.1, 0.15) is 46.7 Å². The Kier molecular flexibility index (Phi) is 13.5. The highest BCUT2D eigenvalue weighted by Gasteiger charge is 2.45. The summed E-state index contributed by atoms with van der Waals surface area (Å²) in [6, 6.07) is 15.5. The Balaban J connectivity index is 1.45. The quantitative estimate of drug-likeness (QED) is 0.106. The summed E-state index contributed by atoms with van der Waals surface area (Å²) in [5.74, 6) is -1.07. The summed E-state index contributed by atoms with van der Waals surface area (Å²) in [5, 5.41) is 65.4. The van der Waals surface area contributed by atoms with Crippen molar-refractivity contribution in [2.45, 2.75) is 36.6 Å². The first-order valence-corrected chi connectivity index (χ1v) is 18.4. The first-order chi connectivity index (χ1) is 28.0. The molecule has 58 heavy (non-hydrogen) atoms. The lowest BCUT2D eigenvalue weighted by Gasteiger charge is -2.35. The maximum atomic E-state index is 11.6. The molecule has 4 aromatic rings. The normalized spacial score (nSPS) is 23.4. The van der Waals surface area contributed by atoms with Crippen LogP contribution in [0.15, 0.2) is 60.7 Å². The first-order valence-electron chi connectivity index (χ1n) is 18.4. The van der Waals surface area contributed by atoms with Crippen molar-refractivity contribution in [3.63, 3.8) is 0 Å². The minimum Gasteiger partial charge on any atom is -0.504 e. The fourth-order valence-corrected chi connectivity index (χ4v) is 7.47. The monoisotopic (exact) mass is 810 g/mol. The smallest absolute Gasteiger partial charge is 0.200 e. The zero-order chi connectivity index (χ0) is 41.7. The zero-order valence-electron chi connectivity index (χ0n) is 33.0. The van der Waals surface area contributed by atoms with Crippen molar-refractivity contribution in [1.82, 2.24) is 0 Å². The molecule has 16 nitrogen and oxygen atoms in total. The molecule has 2 fully saturated rings. The predicted octanol–water partition coefficient (Wildman–Crippen LogP) is 4.87. The van der Waals surface area contributed by atoms with Crippen molar-refractivity contribution in [3.8, 4) is 57.5 Å². The predicted molar refractivity (Wildman–Crippen MR) is 206 cm³/mol. The lowest BCUT2D eigenvalue weighted by atomic mass is 9.79. The van der Waals surface area contributed by atoms with E-state index in [2.05, 4.69) is 0 Å². The summed E-state index contributed by atoms with van der Waals surface area (Å²) in [6.45, 7) is -0.284. The molecule has 0 saturated carbocycles. The van der Waals surface area contributed by atoms with Crippen LogP contribution in [0.4, 0.5) is 0 Å². The standard InChI is InChI=1S/C42H50O16/c1-49-29-11-21(7-9-27(29)43)37(45)35-19-57-41(23-13-31(51-3)39(47)32(14-23)52-4)25(17-55-35)26-18-56-36(38(46)22-8-10-28(44)30(12-22)50-2)20-58-42(26)24-15-33(53-5)40(48)34(16-24)54-6/h7-16,25-26,35-38,41-48H,17-20H2,1-6H3. The van der Waals surface area contributed by atoms with E-state index in [1.54, 1.807) is 36.4 Å². The number of methoxy groups -OCH3 is 6. The van der Waals surface area contributed by atoms with Gasteiger partial charge in [0.2, 0.25) is 11.5 Å². The maximum absolute atomic E-state index is 11.6. The van der Waals surface area contributed by atoms with Gasteiger partial charge < -0.3 is 78.0 Å². The second-order valence-electron chi connectivity index (χ2n) is 13.9. The Bertz CT molecular complexity index is 1830. The van der Waals surface area contributed by atoms with Gasteiger partial charge in [-0.3, -0.25) is 0 Å². The lowest BCUT2D eigenvalue weighted by molar-refractivity contribution is -0.0655. The summed E-state index contributed by atoms with van der Waals surface area (Å²) in [5.41, 5.74) is 1.91. The molecule has 0 bridgehead atoms. The molecule has 16 heteroatoms. The van der Waals surface area contributed by atoms with Crippen LogP contribution in [-0.2, 0) is 18.9 Å². The van der Waals surface area contributed by atoms with Crippen LogP contribution < -0.4 is 28.4 Å². The lowest BCUT2D eigenvalue weighted by Crippen LogP contribution is -2.34. The van der Waals surface area contributed by atoms with E-state index in [0.717, 1.165) is 0 Å². The van der Waals surface area contributed by atoms with E-state index in [1.807, 2.05) is 0 Å². The molecule has 8 atom stereocenters. The average Bonchev–Trinajstić information content (AvgIpc) is 3.61. The second kappa shape index (κ2) is 18.5. The number of phenolic OH excluding ortho intramolecular Hbond substituents is 4. The van der Waals surface area contributed by atoms with Gasteiger partial charge in [0.15, 0.2) is 46.0 Å². The van der Waals surface area contributed by atoms with Crippen molar-refractivity contribution >= 4 is 0 Å². The number of ether oxygens (including phenoxy) is 10. The molecule has 6 rings (SSSR count). The van der Waals surface area contributed by atoms with Crippen LogP contribution >= 0.6 is 0 Å². The van der Waals surface area contributed by atoms with Gasteiger partial charge in [-0.15, -0.1) is 0 Å². The van der Waals surface area contributed by atoms with E-state index in [9.17, 15) is 30.6 Å². The van der Waals surface area contributed by atoms with Crippen molar-refractivity contribution in [1.29, 1.82) is 0 Å². The number of hydrogen-bond donors (Lipinski definition) is 6. The van der Waals surface area contributed by atoms with Crippen LogP contribution in [0.3, 0.4) is 0 Å². The number of hydrogen-bond acceptors (Lipinski definition) is 16. The summed E-state index contributed by atoms with van der Waals surface area (Å²) in [6.07, 6.45) is -5.94. The fraction of sp³-hybridized carbons (Fsp3) is 0.429. The SMILES string of the molecule is COc1cc(C(O)C2COC(c3cc(OC)c(O)c(OC)c3)C(C3COC(C(O)c4ccc(O)c(OC)c4)COC3c3cc(OC)c(O)c(OC)c3)CO2)ccc1O. The molecular formula is C42H50O16. The number of benzene rings is 4. The molecule has 2 aliphatic heterocycles. The Hall–Kier alpha value is -5.36. The van der Waals surface area contributed by atoms with Crippen molar-refractivity contribution < 1.29 is 78.0 Å². The third kappa shape index (κ3) is 8.57. The molecule has 0 aliphatic carbocycles. The number of aliphatic hydroxyl groups excluding tert-OH is 2. The molecule has 2 saturated heterocycles. The Morgan fingerprint density at radius 2 is 0.776 bits per heavy atom. The molecule has 4 aromatic carbocycles. The highest BCUT2D eigenvalue weighted by Crippen LogP contribution is 2.49. The van der Waals surface area contributed by atoms with Gasteiger partial charge in [-0.2, -0.15) is 0 Å². The number of aromatic hydroxyl groups is 4. The highest BCUT2D eigenvalue weighted by atomic mass is 16.6. The molecule has 0 spiro atoms. The molecule has 2 heterocycles. The summed E-state index contributed by atoms with van der Waals surface area (Å²) >= 11 is 0. The van der Waals surface area contributed by atoms with E-state index in [-0.39, 0.29) is 83.9 Å². The van der Waals surface area contributed by atoms with Gasteiger partial charge in [0.05, 0.1) is 81.3 Å². The van der Waals surface area contributed by atoms with Crippen LogP contribution in [0, 0.1) is 11.8 Å². The fourth-order valence-electron chi connectivity index (χ4n) is 7.47. The minimum absolute atomic E-state index is 0.0320. The van der Waals surface area contributed by atoms with Crippen LogP contribution in [-0.4, -0.2) is 112 Å². The van der Waals surface area contributed by atoms with Crippen molar-refractivity contribution in [2.75, 3.05) is 69.1 Å². The van der Waals surface area contributed by atoms with Gasteiger partial charge >= 0.3 is 0 Å². The molecule has 6 N–H and O–H groups in total. The summed E-state index contributed by atoms with van der Waals surface area (Å²) in [7, 11) is 8.46. The number of phenols is 4. The topological polar surface area (TPSA) is 214 Å². The first kappa shape index (κ1) is 42.3. The second-order valence-corrected chi connectivity index (χ2v) is 13.9. The molecule has 8 unspecified atom stereocenters. The van der Waals surface area contributed by atoms with E-state index < -0.39 is 48.5 Å². The average molecular weight is 811 g/mol. The van der Waals surface area contributed by atoms with Crippen LogP contribution in [0.5, 0.6) is 57.5 Å². The highest BCUT2D eigenvalue weighted by molar-refractivity contribution is 5.55. The van der Waals surface area contributed by atoms with Crippen LogP contribution in [0.2, 0.25) is 0 Å². The van der Waals surface area contributed by atoms with Gasteiger partial charge in [0.25, 0.3) is 0 Å². The minimum atomic E-state index is -1.22. The molecule has 0 radical (unpaired) electrons. The number of rotatable bonds is 13. The van der Waals surface area contributed by atoms with Crippen molar-refractivity contribution in [3.05, 3.63) is 82.9 Å². The van der Waals surface area contributed by atoms with Gasteiger partial charge in [-0.25, -0.2) is 0 Å². The number of aliphatic hydroxyl groups is 2. The van der Waals surface area contributed by atoms with Gasteiger partial charge in [-0.05, 0) is 70.8 Å². The Labute approximate surface area is 335 Å². The third-order valence-electron chi connectivity index (χ3n) is 10.7. The maximum Gasteiger partial charge on any atom is 0.200 e. The molecule has 0 amide bonds. The van der Waals surface area contributed by atoms with Gasteiger partial charge in [-0.1, -0.05) is 12.1 Å². The Morgan fingerprint density at radius 3 is 1.09 bits per heavy atom. The van der Waals surface area contributed by atoms with E-state index in [0.29, 0.717) is 22.3 Å².